The van der Waals surface area contributed by atoms with Crippen molar-refractivity contribution in [2.24, 2.45) is 16.7 Å². The Morgan fingerprint density at radius 2 is 2.08 bits per heavy atom. The highest BCUT2D eigenvalue weighted by molar-refractivity contribution is 5.84. The predicted molar refractivity (Wildman–Crippen MR) is 95.5 cm³/mol. The first-order valence-corrected chi connectivity index (χ1v) is 9.07. The van der Waals surface area contributed by atoms with E-state index >= 15 is 0 Å². The van der Waals surface area contributed by atoms with E-state index in [1.165, 1.54) is 0 Å². The first kappa shape index (κ1) is 18.9. The second-order valence-electron chi connectivity index (χ2n) is 8.03. The molecule has 1 aromatic rings. The number of aliphatic carboxylic acids is 1. The molecule has 0 unspecified atom stereocenters. The van der Waals surface area contributed by atoms with Crippen molar-refractivity contribution in [2.45, 2.75) is 26.9 Å². The molecule has 0 aliphatic carbocycles. The van der Waals surface area contributed by atoms with Crippen molar-refractivity contribution < 1.29 is 24.2 Å². The van der Waals surface area contributed by atoms with Crippen LogP contribution in [0.25, 0.3) is 0 Å². The highest BCUT2D eigenvalue weighted by Crippen LogP contribution is 2.43. The van der Waals surface area contributed by atoms with Gasteiger partial charge < -0.3 is 19.5 Å². The molecule has 2 saturated heterocycles. The van der Waals surface area contributed by atoms with Gasteiger partial charge in [0.2, 0.25) is 5.91 Å². The smallest absolute Gasteiger partial charge is 0.311 e. The fourth-order valence-corrected chi connectivity index (χ4v) is 3.94. The van der Waals surface area contributed by atoms with Crippen molar-refractivity contribution in [3.8, 4) is 0 Å². The van der Waals surface area contributed by atoms with E-state index in [1.807, 2.05) is 44.2 Å². The summed E-state index contributed by atoms with van der Waals surface area (Å²) in [4.78, 5) is 26.6. The zero-order valence-electron chi connectivity index (χ0n) is 15.4. The Bertz CT molecular complexity index is 659. The Labute approximate surface area is 154 Å². The van der Waals surface area contributed by atoms with E-state index in [2.05, 4.69) is 0 Å². The normalized spacial score (nSPS) is 25.8. The molecule has 2 aliphatic rings. The minimum absolute atomic E-state index is 0.0550. The van der Waals surface area contributed by atoms with E-state index in [1.54, 1.807) is 4.90 Å². The number of carboxylic acids is 1. The van der Waals surface area contributed by atoms with E-state index in [9.17, 15) is 14.7 Å². The fourth-order valence-electron chi connectivity index (χ4n) is 3.94. The van der Waals surface area contributed by atoms with E-state index in [-0.39, 0.29) is 18.4 Å². The number of amides is 1. The molecule has 6 nitrogen and oxygen atoms in total. The molecular weight excluding hydrogens is 334 g/mol. The number of benzene rings is 1. The van der Waals surface area contributed by atoms with Gasteiger partial charge in [-0.1, -0.05) is 30.3 Å². The summed E-state index contributed by atoms with van der Waals surface area (Å²) >= 11 is 0. The molecule has 2 aliphatic heterocycles. The van der Waals surface area contributed by atoms with Crippen LogP contribution in [0.4, 0.5) is 0 Å². The van der Waals surface area contributed by atoms with Crippen LogP contribution in [0.2, 0.25) is 0 Å². The summed E-state index contributed by atoms with van der Waals surface area (Å²) in [5, 5.41) is 9.75. The van der Waals surface area contributed by atoms with Crippen LogP contribution in [-0.4, -0.2) is 54.8 Å². The average molecular weight is 361 g/mol. The third-order valence-corrected chi connectivity index (χ3v) is 5.57. The van der Waals surface area contributed by atoms with E-state index in [0.29, 0.717) is 39.4 Å². The number of carbonyl (C=O) groups is 2. The highest BCUT2D eigenvalue weighted by atomic mass is 16.5. The predicted octanol–water partition coefficient (Wildman–Crippen LogP) is 2.18. The number of nitrogens with zero attached hydrogens (tertiary/aromatic N) is 1. The lowest BCUT2D eigenvalue weighted by atomic mass is 9.74. The zero-order chi connectivity index (χ0) is 18.8. The molecule has 1 amide bonds. The molecule has 0 spiro atoms. The first-order valence-electron chi connectivity index (χ1n) is 9.07. The van der Waals surface area contributed by atoms with Gasteiger partial charge in [-0.05, 0) is 25.8 Å². The number of hydrogen-bond donors (Lipinski definition) is 1. The second-order valence-corrected chi connectivity index (χ2v) is 8.03. The number of rotatable bonds is 6. The monoisotopic (exact) mass is 361 g/mol. The van der Waals surface area contributed by atoms with Gasteiger partial charge in [0.1, 0.15) is 0 Å². The zero-order valence-corrected chi connectivity index (χ0v) is 15.4. The first-order chi connectivity index (χ1) is 12.3. The van der Waals surface area contributed by atoms with Crippen LogP contribution in [0.1, 0.15) is 25.8 Å². The van der Waals surface area contributed by atoms with E-state index < -0.39 is 16.8 Å². The molecule has 0 saturated carbocycles. The fraction of sp³-hybridized carbons (Fsp3) is 0.600. The lowest BCUT2D eigenvalue weighted by Crippen LogP contribution is -2.46. The van der Waals surface area contributed by atoms with Gasteiger partial charge in [-0.3, -0.25) is 9.59 Å². The van der Waals surface area contributed by atoms with Gasteiger partial charge in [0, 0.05) is 25.6 Å². The summed E-state index contributed by atoms with van der Waals surface area (Å²) in [5.41, 5.74) is -0.512. The maximum Gasteiger partial charge on any atom is 0.311 e. The number of carboxylic acid groups (broad SMARTS) is 1. The van der Waals surface area contributed by atoms with Crippen LogP contribution in [0.15, 0.2) is 30.3 Å². The lowest BCUT2D eigenvalue weighted by Gasteiger charge is -2.34. The highest BCUT2D eigenvalue weighted by Gasteiger charge is 2.55. The number of fused-ring (bicyclic) bond motifs is 1. The summed E-state index contributed by atoms with van der Waals surface area (Å²) in [6, 6.07) is 9.82. The topological polar surface area (TPSA) is 76.1 Å². The Kier molecular flexibility index (Phi) is 5.34. The molecular formula is C20H27NO5. The van der Waals surface area contributed by atoms with Gasteiger partial charge in [0.05, 0.1) is 30.7 Å². The SMILES string of the molecule is CC(C)(COCc1ccccc1)C(=O)N1C[C@H]2COCC[C@@]2(C(=O)O)C1. The summed E-state index contributed by atoms with van der Waals surface area (Å²) in [7, 11) is 0. The summed E-state index contributed by atoms with van der Waals surface area (Å²) < 4.78 is 11.2. The van der Waals surface area contributed by atoms with Crippen LogP contribution in [0.3, 0.4) is 0 Å². The van der Waals surface area contributed by atoms with Gasteiger partial charge in [0.15, 0.2) is 0 Å². The van der Waals surface area contributed by atoms with Gasteiger partial charge in [-0.15, -0.1) is 0 Å². The van der Waals surface area contributed by atoms with Crippen molar-refractivity contribution in [3.63, 3.8) is 0 Å². The molecule has 2 fully saturated rings. The van der Waals surface area contributed by atoms with E-state index in [4.69, 9.17) is 9.47 Å². The van der Waals surface area contributed by atoms with Crippen LogP contribution in [-0.2, 0) is 25.7 Å². The largest absolute Gasteiger partial charge is 0.481 e. The molecule has 0 aromatic heterocycles. The van der Waals surface area contributed by atoms with Crippen molar-refractivity contribution >= 4 is 11.9 Å². The average Bonchev–Trinajstić information content (AvgIpc) is 3.03. The van der Waals surface area contributed by atoms with Crippen LogP contribution in [0, 0.1) is 16.7 Å². The van der Waals surface area contributed by atoms with Crippen LogP contribution < -0.4 is 0 Å². The van der Waals surface area contributed by atoms with Gasteiger partial charge in [-0.25, -0.2) is 0 Å². The van der Waals surface area contributed by atoms with Crippen molar-refractivity contribution in [1.82, 2.24) is 4.90 Å². The Balaban J connectivity index is 1.61. The Hall–Kier alpha value is -1.92. The number of ether oxygens (including phenoxy) is 2. The number of carbonyl (C=O) groups excluding carboxylic acids is 1. The maximum absolute atomic E-state index is 13.0. The standard InChI is InChI=1S/C20H27NO5/c1-19(2,14-26-11-15-6-4-3-5-7-15)17(22)21-10-16-12-25-9-8-20(16,13-21)18(23)24/h3-7,16H,8-14H2,1-2H3,(H,23,24)/t16-,20+/m0/s1. The molecule has 0 bridgehead atoms. The minimum atomic E-state index is -0.866. The maximum atomic E-state index is 13.0. The Morgan fingerprint density at radius 1 is 1.35 bits per heavy atom. The van der Waals surface area contributed by atoms with Crippen molar-refractivity contribution in [1.29, 1.82) is 0 Å². The molecule has 6 heteroatoms. The van der Waals surface area contributed by atoms with Gasteiger partial charge >= 0.3 is 5.97 Å². The van der Waals surface area contributed by atoms with Crippen LogP contribution in [0.5, 0.6) is 0 Å². The molecule has 142 valence electrons. The van der Waals surface area contributed by atoms with Gasteiger partial charge in [0.25, 0.3) is 0 Å². The summed E-state index contributed by atoms with van der Waals surface area (Å²) in [6.07, 6.45) is 0.460. The van der Waals surface area contributed by atoms with Crippen molar-refractivity contribution in [3.05, 3.63) is 35.9 Å². The lowest BCUT2D eigenvalue weighted by molar-refractivity contribution is -0.157. The van der Waals surface area contributed by atoms with E-state index in [0.717, 1.165) is 5.56 Å². The molecule has 1 aromatic carbocycles. The summed E-state index contributed by atoms with van der Waals surface area (Å²) in [5.74, 6) is -1.02. The number of hydrogen-bond acceptors (Lipinski definition) is 4. The second kappa shape index (κ2) is 7.37. The van der Waals surface area contributed by atoms with Crippen molar-refractivity contribution in [2.75, 3.05) is 32.9 Å². The molecule has 3 rings (SSSR count). The minimum Gasteiger partial charge on any atom is -0.481 e. The summed E-state index contributed by atoms with van der Waals surface area (Å²) in [6.45, 7) is 5.99. The quantitative estimate of drug-likeness (QED) is 0.840. The molecule has 2 heterocycles. The Morgan fingerprint density at radius 3 is 2.73 bits per heavy atom. The molecule has 0 radical (unpaired) electrons. The third-order valence-electron chi connectivity index (χ3n) is 5.57. The number of likely N-dealkylation sites (tertiary alicyclic amines) is 1. The molecule has 1 N–H and O–H groups in total. The molecule has 26 heavy (non-hydrogen) atoms. The van der Waals surface area contributed by atoms with Crippen LogP contribution >= 0.6 is 0 Å². The third kappa shape index (κ3) is 3.62. The molecule has 2 atom stereocenters. The van der Waals surface area contributed by atoms with Gasteiger partial charge in [-0.2, -0.15) is 0 Å².